The molecule has 1 amide bonds. The fourth-order valence-corrected chi connectivity index (χ4v) is 2.03. The van der Waals surface area contributed by atoms with Crippen molar-refractivity contribution >= 4 is 17.5 Å². The molecule has 4 nitrogen and oxygen atoms in total. The standard InChI is InChI=1S/C17H18ClNO3/c1-17(21,13-5-3-2-4-6-13)12-19-16(20)11-22-15-9-7-14(18)8-10-15/h2-10,21H,11-12H2,1H3,(H,19,20). The van der Waals surface area contributed by atoms with Crippen molar-refractivity contribution in [1.82, 2.24) is 5.32 Å². The van der Waals surface area contributed by atoms with Gasteiger partial charge in [0, 0.05) is 5.02 Å². The molecule has 0 radical (unpaired) electrons. The molecule has 1 atom stereocenters. The minimum Gasteiger partial charge on any atom is -0.484 e. The third kappa shape index (κ3) is 4.76. The first-order valence-electron chi connectivity index (χ1n) is 6.90. The molecule has 0 spiro atoms. The van der Waals surface area contributed by atoms with E-state index in [2.05, 4.69) is 5.32 Å². The van der Waals surface area contributed by atoms with Crippen molar-refractivity contribution in [1.29, 1.82) is 0 Å². The number of hydrogen-bond donors (Lipinski definition) is 2. The number of nitrogens with one attached hydrogen (secondary N) is 1. The van der Waals surface area contributed by atoms with Gasteiger partial charge in [-0.25, -0.2) is 0 Å². The van der Waals surface area contributed by atoms with Gasteiger partial charge in [0.1, 0.15) is 11.4 Å². The number of halogens is 1. The SMILES string of the molecule is CC(O)(CNC(=O)COc1ccc(Cl)cc1)c1ccccc1. The molecule has 0 heterocycles. The summed E-state index contributed by atoms with van der Waals surface area (Å²) >= 11 is 5.77. The van der Waals surface area contributed by atoms with Gasteiger partial charge in [0.15, 0.2) is 6.61 Å². The number of rotatable bonds is 6. The predicted octanol–water partition coefficient (Wildman–Crippen LogP) is 2.74. The third-order valence-electron chi connectivity index (χ3n) is 3.21. The molecule has 0 aliphatic rings. The maximum atomic E-state index is 11.8. The second kappa shape index (κ2) is 7.29. The fourth-order valence-electron chi connectivity index (χ4n) is 1.90. The van der Waals surface area contributed by atoms with Crippen LogP contribution in [-0.2, 0) is 10.4 Å². The number of ether oxygens (including phenoxy) is 1. The molecule has 2 rings (SSSR count). The first-order valence-corrected chi connectivity index (χ1v) is 7.28. The Hall–Kier alpha value is -2.04. The topological polar surface area (TPSA) is 58.6 Å². The van der Waals surface area contributed by atoms with E-state index in [-0.39, 0.29) is 19.1 Å². The van der Waals surface area contributed by atoms with E-state index < -0.39 is 5.60 Å². The average Bonchev–Trinajstić information content (AvgIpc) is 2.53. The van der Waals surface area contributed by atoms with Crippen LogP contribution in [-0.4, -0.2) is 24.2 Å². The maximum absolute atomic E-state index is 11.8. The molecule has 0 saturated carbocycles. The van der Waals surface area contributed by atoms with Gasteiger partial charge in [-0.15, -0.1) is 0 Å². The van der Waals surface area contributed by atoms with Gasteiger partial charge in [0.05, 0.1) is 6.54 Å². The lowest BCUT2D eigenvalue weighted by atomic mass is 9.96. The maximum Gasteiger partial charge on any atom is 0.258 e. The van der Waals surface area contributed by atoms with Gasteiger partial charge in [-0.2, -0.15) is 0 Å². The molecular weight excluding hydrogens is 302 g/mol. The number of carbonyl (C=O) groups is 1. The van der Waals surface area contributed by atoms with Crippen LogP contribution in [0, 0.1) is 0 Å². The summed E-state index contributed by atoms with van der Waals surface area (Å²) in [6, 6.07) is 15.9. The van der Waals surface area contributed by atoms with Crippen LogP contribution in [0.15, 0.2) is 54.6 Å². The Kier molecular flexibility index (Phi) is 5.41. The quantitative estimate of drug-likeness (QED) is 0.860. The predicted molar refractivity (Wildman–Crippen MR) is 86.0 cm³/mol. The summed E-state index contributed by atoms with van der Waals surface area (Å²) in [5.41, 5.74) is -0.383. The van der Waals surface area contributed by atoms with Crippen molar-refractivity contribution in [2.24, 2.45) is 0 Å². The first-order chi connectivity index (χ1) is 10.5. The summed E-state index contributed by atoms with van der Waals surface area (Å²) in [7, 11) is 0. The van der Waals surface area contributed by atoms with Gasteiger partial charge in [-0.3, -0.25) is 4.79 Å². The Morgan fingerprint density at radius 3 is 2.45 bits per heavy atom. The second-order valence-corrected chi connectivity index (χ2v) is 5.60. The minimum absolute atomic E-state index is 0.111. The number of benzene rings is 2. The number of amides is 1. The van der Waals surface area contributed by atoms with Gasteiger partial charge in [-0.1, -0.05) is 41.9 Å². The van der Waals surface area contributed by atoms with Crippen molar-refractivity contribution in [3.63, 3.8) is 0 Å². The monoisotopic (exact) mass is 319 g/mol. The van der Waals surface area contributed by atoms with Gasteiger partial charge in [0.2, 0.25) is 0 Å². The van der Waals surface area contributed by atoms with Crippen LogP contribution in [0.5, 0.6) is 5.75 Å². The van der Waals surface area contributed by atoms with E-state index in [9.17, 15) is 9.90 Å². The molecule has 0 fully saturated rings. The van der Waals surface area contributed by atoms with Crippen LogP contribution >= 0.6 is 11.6 Å². The highest BCUT2D eigenvalue weighted by atomic mass is 35.5. The molecule has 2 aromatic rings. The lowest BCUT2D eigenvalue weighted by molar-refractivity contribution is -0.124. The largest absolute Gasteiger partial charge is 0.484 e. The Balaban J connectivity index is 1.81. The highest BCUT2D eigenvalue weighted by Crippen LogP contribution is 2.19. The fraction of sp³-hybridized carbons (Fsp3) is 0.235. The highest BCUT2D eigenvalue weighted by molar-refractivity contribution is 6.30. The van der Waals surface area contributed by atoms with E-state index in [1.807, 2.05) is 30.3 Å². The molecule has 0 aliphatic heterocycles. The Morgan fingerprint density at radius 1 is 1.18 bits per heavy atom. The number of aliphatic hydroxyl groups is 1. The van der Waals surface area contributed by atoms with Crippen LogP contribution in [0.25, 0.3) is 0 Å². The van der Waals surface area contributed by atoms with Crippen molar-refractivity contribution in [2.75, 3.05) is 13.2 Å². The van der Waals surface area contributed by atoms with Gasteiger partial charge < -0.3 is 15.2 Å². The van der Waals surface area contributed by atoms with E-state index in [1.165, 1.54) is 0 Å². The number of hydrogen-bond acceptors (Lipinski definition) is 3. The highest BCUT2D eigenvalue weighted by Gasteiger charge is 2.23. The van der Waals surface area contributed by atoms with Gasteiger partial charge >= 0.3 is 0 Å². The molecule has 116 valence electrons. The van der Waals surface area contributed by atoms with E-state index in [1.54, 1.807) is 31.2 Å². The van der Waals surface area contributed by atoms with Crippen molar-refractivity contribution < 1.29 is 14.6 Å². The summed E-state index contributed by atoms with van der Waals surface area (Å²) in [5.74, 6) is 0.264. The smallest absolute Gasteiger partial charge is 0.258 e. The zero-order valence-electron chi connectivity index (χ0n) is 12.3. The molecule has 1 unspecified atom stereocenters. The third-order valence-corrected chi connectivity index (χ3v) is 3.46. The molecule has 0 aromatic heterocycles. The lowest BCUT2D eigenvalue weighted by Gasteiger charge is -2.24. The first kappa shape index (κ1) is 16.3. The van der Waals surface area contributed by atoms with Crippen molar-refractivity contribution in [3.05, 3.63) is 65.2 Å². The van der Waals surface area contributed by atoms with Gasteiger partial charge in [-0.05, 0) is 36.8 Å². The molecule has 0 saturated heterocycles. The molecule has 2 aromatic carbocycles. The average molecular weight is 320 g/mol. The Labute approximate surface area is 134 Å². The number of carbonyl (C=O) groups excluding carboxylic acids is 1. The Morgan fingerprint density at radius 2 is 1.82 bits per heavy atom. The van der Waals surface area contributed by atoms with Gasteiger partial charge in [0.25, 0.3) is 5.91 Å². The second-order valence-electron chi connectivity index (χ2n) is 5.16. The van der Waals surface area contributed by atoms with E-state index >= 15 is 0 Å². The van der Waals surface area contributed by atoms with Crippen LogP contribution in [0.2, 0.25) is 5.02 Å². The molecule has 5 heteroatoms. The van der Waals surface area contributed by atoms with E-state index in [4.69, 9.17) is 16.3 Å². The summed E-state index contributed by atoms with van der Waals surface area (Å²) in [6.07, 6.45) is 0. The molecule has 22 heavy (non-hydrogen) atoms. The van der Waals surface area contributed by atoms with E-state index in [0.29, 0.717) is 10.8 Å². The van der Waals surface area contributed by atoms with E-state index in [0.717, 1.165) is 5.56 Å². The summed E-state index contributed by atoms with van der Waals surface area (Å²) < 4.78 is 5.34. The van der Waals surface area contributed by atoms with Crippen LogP contribution in [0.1, 0.15) is 12.5 Å². The normalized spacial score (nSPS) is 13.2. The molecule has 2 N–H and O–H groups in total. The molecule has 0 aliphatic carbocycles. The van der Waals surface area contributed by atoms with Crippen LogP contribution in [0.4, 0.5) is 0 Å². The van der Waals surface area contributed by atoms with Crippen LogP contribution < -0.4 is 10.1 Å². The summed E-state index contributed by atoms with van der Waals surface area (Å²) in [4.78, 5) is 11.8. The molecular formula is C17H18ClNO3. The zero-order chi connectivity index (χ0) is 16.0. The zero-order valence-corrected chi connectivity index (χ0v) is 13.0. The summed E-state index contributed by atoms with van der Waals surface area (Å²) in [6.45, 7) is 1.65. The Bertz CT molecular complexity index is 612. The minimum atomic E-state index is -1.13. The lowest BCUT2D eigenvalue weighted by Crippen LogP contribution is -2.40. The molecule has 0 bridgehead atoms. The van der Waals surface area contributed by atoms with Crippen molar-refractivity contribution in [2.45, 2.75) is 12.5 Å². The van der Waals surface area contributed by atoms with Crippen molar-refractivity contribution in [3.8, 4) is 5.75 Å². The summed E-state index contributed by atoms with van der Waals surface area (Å²) in [5, 5.41) is 13.7. The van der Waals surface area contributed by atoms with Crippen LogP contribution in [0.3, 0.4) is 0 Å².